The summed E-state index contributed by atoms with van der Waals surface area (Å²) in [6.45, 7) is 0.982. The lowest BCUT2D eigenvalue weighted by Crippen LogP contribution is -1.90. The van der Waals surface area contributed by atoms with E-state index in [-0.39, 0.29) is 5.82 Å². The molecule has 0 aliphatic carbocycles. The van der Waals surface area contributed by atoms with E-state index in [1.54, 1.807) is 6.07 Å². The first-order valence-electron chi connectivity index (χ1n) is 5.46. The highest BCUT2D eigenvalue weighted by Gasteiger charge is 2.11. The molecule has 2 aromatic carbocycles. The third kappa shape index (κ3) is 1.47. The summed E-state index contributed by atoms with van der Waals surface area (Å²) in [7, 11) is 0. The Morgan fingerprint density at radius 1 is 1.06 bits per heavy atom. The van der Waals surface area contributed by atoms with Crippen LogP contribution >= 0.6 is 0 Å². The average Bonchev–Trinajstić information content (AvgIpc) is 2.76. The molecular formula is C14H12FN. The van der Waals surface area contributed by atoms with Crippen molar-refractivity contribution in [3.05, 3.63) is 53.8 Å². The van der Waals surface area contributed by atoms with Crippen LogP contribution in [-0.2, 0) is 6.42 Å². The maximum absolute atomic E-state index is 13.6. The second kappa shape index (κ2) is 3.63. The largest absolute Gasteiger partial charge is 0.384 e. The number of hydrogen-bond acceptors (Lipinski definition) is 1. The minimum Gasteiger partial charge on any atom is -0.384 e. The Kier molecular flexibility index (Phi) is 2.13. The van der Waals surface area contributed by atoms with Crippen molar-refractivity contribution in [1.82, 2.24) is 0 Å². The first kappa shape index (κ1) is 9.40. The zero-order valence-corrected chi connectivity index (χ0v) is 8.83. The van der Waals surface area contributed by atoms with Gasteiger partial charge in [-0.3, -0.25) is 0 Å². The Morgan fingerprint density at radius 3 is 2.81 bits per heavy atom. The van der Waals surface area contributed by atoms with E-state index in [0.29, 0.717) is 5.56 Å². The summed E-state index contributed by atoms with van der Waals surface area (Å²) in [6, 6.07) is 13.0. The SMILES string of the molecule is Fc1ccccc1-c1ccc2c(c1)CCN2. The number of hydrogen-bond donors (Lipinski definition) is 1. The quantitative estimate of drug-likeness (QED) is 0.765. The van der Waals surface area contributed by atoms with Crippen molar-refractivity contribution < 1.29 is 4.39 Å². The first-order chi connectivity index (χ1) is 7.84. The van der Waals surface area contributed by atoms with Crippen LogP contribution in [0.2, 0.25) is 0 Å². The molecule has 0 unspecified atom stereocenters. The summed E-state index contributed by atoms with van der Waals surface area (Å²) < 4.78 is 13.6. The molecule has 0 bridgehead atoms. The van der Waals surface area contributed by atoms with Crippen LogP contribution in [0, 0.1) is 5.82 Å². The molecule has 3 rings (SSSR count). The van der Waals surface area contributed by atoms with Crippen LogP contribution < -0.4 is 5.32 Å². The monoisotopic (exact) mass is 213 g/mol. The molecule has 1 N–H and O–H groups in total. The van der Waals surface area contributed by atoms with Gasteiger partial charge in [0.1, 0.15) is 5.82 Å². The van der Waals surface area contributed by atoms with Crippen molar-refractivity contribution >= 4 is 5.69 Å². The van der Waals surface area contributed by atoms with Crippen molar-refractivity contribution in [3.8, 4) is 11.1 Å². The molecular weight excluding hydrogens is 201 g/mol. The first-order valence-corrected chi connectivity index (χ1v) is 5.46. The molecule has 0 radical (unpaired) electrons. The van der Waals surface area contributed by atoms with Crippen LogP contribution in [0.15, 0.2) is 42.5 Å². The van der Waals surface area contributed by atoms with Crippen LogP contribution in [-0.4, -0.2) is 6.54 Å². The van der Waals surface area contributed by atoms with Gasteiger partial charge in [-0.1, -0.05) is 24.3 Å². The number of rotatable bonds is 1. The molecule has 1 heterocycles. The second-order valence-electron chi connectivity index (χ2n) is 4.03. The summed E-state index contributed by atoms with van der Waals surface area (Å²) in [6.07, 6.45) is 1.03. The fourth-order valence-corrected chi connectivity index (χ4v) is 2.17. The van der Waals surface area contributed by atoms with Crippen LogP contribution in [0.3, 0.4) is 0 Å². The van der Waals surface area contributed by atoms with Gasteiger partial charge in [0.25, 0.3) is 0 Å². The Bertz CT molecular complexity index is 534. The fraction of sp³-hybridized carbons (Fsp3) is 0.143. The lowest BCUT2D eigenvalue weighted by molar-refractivity contribution is 0.631. The molecule has 16 heavy (non-hydrogen) atoms. The van der Waals surface area contributed by atoms with Crippen molar-refractivity contribution in [2.24, 2.45) is 0 Å². The lowest BCUT2D eigenvalue weighted by atomic mass is 10.0. The predicted octanol–water partition coefficient (Wildman–Crippen LogP) is 3.46. The number of benzene rings is 2. The van der Waals surface area contributed by atoms with Crippen molar-refractivity contribution in [1.29, 1.82) is 0 Å². The van der Waals surface area contributed by atoms with Gasteiger partial charge < -0.3 is 5.32 Å². The van der Waals surface area contributed by atoms with Gasteiger partial charge >= 0.3 is 0 Å². The topological polar surface area (TPSA) is 12.0 Å². The van der Waals surface area contributed by atoms with E-state index in [0.717, 1.165) is 18.5 Å². The minimum absolute atomic E-state index is 0.159. The second-order valence-corrected chi connectivity index (χ2v) is 4.03. The van der Waals surface area contributed by atoms with E-state index in [9.17, 15) is 4.39 Å². The molecule has 0 amide bonds. The van der Waals surface area contributed by atoms with Gasteiger partial charge in [-0.25, -0.2) is 4.39 Å². The highest BCUT2D eigenvalue weighted by molar-refractivity contribution is 5.70. The molecule has 1 aliphatic rings. The Balaban J connectivity index is 2.11. The predicted molar refractivity (Wildman–Crippen MR) is 64.0 cm³/mol. The highest BCUT2D eigenvalue weighted by Crippen LogP contribution is 2.29. The smallest absolute Gasteiger partial charge is 0.131 e. The van der Waals surface area contributed by atoms with Gasteiger partial charge in [0.2, 0.25) is 0 Å². The van der Waals surface area contributed by atoms with Gasteiger partial charge in [-0.15, -0.1) is 0 Å². The van der Waals surface area contributed by atoms with Crippen LogP contribution in [0.5, 0.6) is 0 Å². The van der Waals surface area contributed by atoms with E-state index in [2.05, 4.69) is 11.4 Å². The minimum atomic E-state index is -0.159. The standard InChI is InChI=1S/C14H12FN/c15-13-4-2-1-3-12(13)10-5-6-14-11(9-10)7-8-16-14/h1-6,9,16H,7-8H2. The highest BCUT2D eigenvalue weighted by atomic mass is 19.1. The summed E-state index contributed by atoms with van der Waals surface area (Å²) in [5.41, 5.74) is 4.10. The van der Waals surface area contributed by atoms with Gasteiger partial charge in [0, 0.05) is 17.8 Å². The van der Waals surface area contributed by atoms with Crippen LogP contribution in [0.25, 0.3) is 11.1 Å². The molecule has 1 nitrogen and oxygen atoms in total. The van der Waals surface area contributed by atoms with E-state index in [1.165, 1.54) is 17.3 Å². The normalized spacial score (nSPS) is 13.3. The summed E-state index contributed by atoms with van der Waals surface area (Å²) >= 11 is 0. The van der Waals surface area contributed by atoms with Gasteiger partial charge in [0.15, 0.2) is 0 Å². The molecule has 2 aromatic rings. The molecule has 0 saturated heterocycles. The molecule has 0 fully saturated rings. The fourth-order valence-electron chi connectivity index (χ4n) is 2.17. The van der Waals surface area contributed by atoms with Gasteiger partial charge in [-0.05, 0) is 35.7 Å². The Morgan fingerprint density at radius 2 is 1.94 bits per heavy atom. The molecule has 2 heteroatoms. The summed E-state index contributed by atoms with van der Waals surface area (Å²) in [5, 5.41) is 3.30. The maximum Gasteiger partial charge on any atom is 0.131 e. The number of halogens is 1. The van der Waals surface area contributed by atoms with Crippen molar-refractivity contribution in [2.45, 2.75) is 6.42 Å². The van der Waals surface area contributed by atoms with Crippen LogP contribution in [0.1, 0.15) is 5.56 Å². The Labute approximate surface area is 93.9 Å². The third-order valence-corrected chi connectivity index (χ3v) is 3.00. The van der Waals surface area contributed by atoms with E-state index < -0.39 is 0 Å². The number of nitrogens with one attached hydrogen (secondary N) is 1. The molecule has 80 valence electrons. The lowest BCUT2D eigenvalue weighted by Gasteiger charge is -2.06. The van der Waals surface area contributed by atoms with E-state index in [1.807, 2.05) is 24.3 Å². The molecule has 0 atom stereocenters. The summed E-state index contributed by atoms with van der Waals surface area (Å²) in [5.74, 6) is -0.159. The van der Waals surface area contributed by atoms with Gasteiger partial charge in [0.05, 0.1) is 0 Å². The zero-order chi connectivity index (χ0) is 11.0. The molecule has 1 aliphatic heterocycles. The molecule has 0 aromatic heterocycles. The van der Waals surface area contributed by atoms with E-state index >= 15 is 0 Å². The van der Waals surface area contributed by atoms with Crippen LogP contribution in [0.4, 0.5) is 10.1 Å². The van der Waals surface area contributed by atoms with Crippen molar-refractivity contribution in [3.63, 3.8) is 0 Å². The zero-order valence-electron chi connectivity index (χ0n) is 8.83. The molecule has 0 saturated carbocycles. The third-order valence-electron chi connectivity index (χ3n) is 3.00. The number of anilines is 1. The summed E-state index contributed by atoms with van der Waals surface area (Å²) in [4.78, 5) is 0. The molecule has 0 spiro atoms. The van der Waals surface area contributed by atoms with Crippen molar-refractivity contribution in [2.75, 3.05) is 11.9 Å². The Hall–Kier alpha value is -1.83. The van der Waals surface area contributed by atoms with Gasteiger partial charge in [-0.2, -0.15) is 0 Å². The van der Waals surface area contributed by atoms with E-state index in [4.69, 9.17) is 0 Å². The maximum atomic E-state index is 13.6. The number of fused-ring (bicyclic) bond motifs is 1. The average molecular weight is 213 g/mol.